The maximum Gasteiger partial charge on any atom is 0.244 e. The topological polar surface area (TPSA) is 34.8 Å². The molecule has 0 fully saturated rings. The van der Waals surface area contributed by atoms with Crippen molar-refractivity contribution in [3.63, 3.8) is 0 Å². The molecule has 21 heavy (non-hydrogen) atoms. The van der Waals surface area contributed by atoms with Gasteiger partial charge in [0, 0.05) is 0 Å². The van der Waals surface area contributed by atoms with Crippen molar-refractivity contribution >= 4 is 12.6 Å². The highest BCUT2D eigenvalue weighted by molar-refractivity contribution is 7.80. The molecule has 0 saturated heterocycles. The molecule has 1 aromatic heterocycles. The highest BCUT2D eigenvalue weighted by atomic mass is 79.9. The largest absolute Gasteiger partial charge is 1.00 e. The third-order valence-corrected chi connectivity index (χ3v) is 4.10. The molecule has 0 radical (unpaired) electrons. The summed E-state index contributed by atoms with van der Waals surface area (Å²) >= 11 is 4.24. The zero-order valence-corrected chi connectivity index (χ0v) is 15.7. The first-order chi connectivity index (χ1) is 9.86. The van der Waals surface area contributed by atoms with Gasteiger partial charge in [0.25, 0.3) is 0 Å². The van der Waals surface area contributed by atoms with E-state index >= 15 is 0 Å². The average Bonchev–Trinajstić information content (AvgIpc) is 2.93. The molecule has 0 bridgehead atoms. The van der Waals surface area contributed by atoms with Crippen molar-refractivity contribution in [1.82, 2.24) is 4.57 Å². The molecular formula is C16H32BrN3S. The highest BCUT2D eigenvalue weighted by Crippen LogP contribution is 2.11. The Morgan fingerprint density at radius 2 is 1.38 bits per heavy atom. The van der Waals surface area contributed by atoms with Gasteiger partial charge in [-0.05, 0) is 25.0 Å². The zero-order valence-electron chi connectivity index (χ0n) is 13.2. The molecular weight excluding hydrogens is 346 g/mol. The van der Waals surface area contributed by atoms with Crippen LogP contribution in [0, 0.1) is 0 Å². The van der Waals surface area contributed by atoms with Crippen molar-refractivity contribution in [2.75, 3.05) is 5.75 Å². The molecule has 0 unspecified atom stereocenters. The number of aromatic nitrogens is 2. The Bertz CT molecular complexity index is 331. The summed E-state index contributed by atoms with van der Waals surface area (Å²) < 4.78 is 4.24. The van der Waals surface area contributed by atoms with Crippen LogP contribution in [0.5, 0.6) is 0 Å². The molecule has 0 atom stereocenters. The van der Waals surface area contributed by atoms with E-state index in [1.165, 1.54) is 64.2 Å². The van der Waals surface area contributed by atoms with Crippen LogP contribution in [0.25, 0.3) is 0 Å². The summed E-state index contributed by atoms with van der Waals surface area (Å²) in [6, 6.07) is 0. The van der Waals surface area contributed by atoms with E-state index in [1.807, 2.05) is 10.8 Å². The maximum atomic E-state index is 5.57. The van der Waals surface area contributed by atoms with Gasteiger partial charge in [-0.25, -0.2) is 9.13 Å². The van der Waals surface area contributed by atoms with Crippen LogP contribution in [0.4, 0.5) is 0 Å². The van der Waals surface area contributed by atoms with Gasteiger partial charge in [-0.3, -0.25) is 5.73 Å². The summed E-state index contributed by atoms with van der Waals surface area (Å²) in [5.41, 5.74) is 5.57. The second-order valence-electron chi connectivity index (χ2n) is 5.61. The predicted octanol–water partition coefficient (Wildman–Crippen LogP) is 0.527. The van der Waals surface area contributed by atoms with Crippen LogP contribution in [0.2, 0.25) is 0 Å². The van der Waals surface area contributed by atoms with Gasteiger partial charge in [0.05, 0.1) is 6.54 Å². The van der Waals surface area contributed by atoms with E-state index in [0.29, 0.717) is 6.67 Å². The lowest BCUT2D eigenvalue weighted by molar-refractivity contribution is -0.695. The normalized spacial score (nSPS) is 10.6. The second-order valence-corrected chi connectivity index (χ2v) is 6.05. The Hall–Kier alpha value is 0. The van der Waals surface area contributed by atoms with Crippen LogP contribution in [0.3, 0.4) is 0 Å². The van der Waals surface area contributed by atoms with Crippen molar-refractivity contribution < 1.29 is 21.5 Å². The van der Waals surface area contributed by atoms with Gasteiger partial charge in [-0.1, -0.05) is 44.9 Å². The van der Waals surface area contributed by atoms with E-state index in [9.17, 15) is 0 Å². The fourth-order valence-electron chi connectivity index (χ4n) is 2.50. The highest BCUT2D eigenvalue weighted by Gasteiger charge is 2.01. The number of nitrogens with zero attached hydrogens (tertiary/aromatic N) is 2. The van der Waals surface area contributed by atoms with E-state index in [-0.39, 0.29) is 17.0 Å². The van der Waals surface area contributed by atoms with E-state index in [1.54, 1.807) is 0 Å². The van der Waals surface area contributed by atoms with Crippen LogP contribution in [-0.4, -0.2) is 10.3 Å². The summed E-state index contributed by atoms with van der Waals surface area (Å²) in [7, 11) is 0. The smallest absolute Gasteiger partial charge is 0.244 e. The molecule has 124 valence electrons. The summed E-state index contributed by atoms with van der Waals surface area (Å²) in [6.45, 7) is 1.69. The summed E-state index contributed by atoms with van der Waals surface area (Å²) in [5.74, 6) is 1.05. The third kappa shape index (κ3) is 11.2. The van der Waals surface area contributed by atoms with Gasteiger partial charge in [-0.2, -0.15) is 12.6 Å². The molecule has 1 aromatic rings. The molecule has 0 saturated carbocycles. The molecule has 0 aliphatic carbocycles. The van der Waals surface area contributed by atoms with E-state index in [4.69, 9.17) is 5.73 Å². The Morgan fingerprint density at radius 3 is 1.86 bits per heavy atom. The van der Waals surface area contributed by atoms with Crippen LogP contribution in [-0.2, 0) is 13.2 Å². The monoisotopic (exact) mass is 377 g/mol. The number of rotatable bonds is 13. The fraction of sp³-hybridized carbons (Fsp3) is 0.812. The second kappa shape index (κ2) is 14.9. The fourth-order valence-corrected chi connectivity index (χ4v) is 2.72. The Kier molecular flexibility index (Phi) is 14.9. The maximum absolute atomic E-state index is 5.57. The van der Waals surface area contributed by atoms with Crippen molar-refractivity contribution in [2.24, 2.45) is 5.73 Å². The van der Waals surface area contributed by atoms with E-state index in [2.05, 4.69) is 29.7 Å². The lowest BCUT2D eigenvalue weighted by atomic mass is 10.1. The first-order valence-corrected chi connectivity index (χ1v) is 8.86. The number of halogens is 1. The Labute approximate surface area is 146 Å². The molecule has 0 aromatic carbocycles. The van der Waals surface area contributed by atoms with E-state index in [0.717, 1.165) is 12.3 Å². The first-order valence-electron chi connectivity index (χ1n) is 8.22. The molecule has 0 spiro atoms. The summed E-state index contributed by atoms with van der Waals surface area (Å²) in [6.07, 6.45) is 19.9. The predicted molar refractivity (Wildman–Crippen MR) is 88.8 cm³/mol. The number of nitrogens with two attached hydrogens (primary N) is 1. The van der Waals surface area contributed by atoms with Crippen LogP contribution < -0.4 is 27.3 Å². The summed E-state index contributed by atoms with van der Waals surface area (Å²) in [5, 5.41) is 0. The van der Waals surface area contributed by atoms with Gasteiger partial charge in [0.2, 0.25) is 6.33 Å². The minimum Gasteiger partial charge on any atom is -1.00 e. The van der Waals surface area contributed by atoms with Crippen molar-refractivity contribution in [1.29, 1.82) is 0 Å². The Morgan fingerprint density at radius 1 is 0.857 bits per heavy atom. The molecule has 5 heteroatoms. The quantitative estimate of drug-likeness (QED) is 0.293. The van der Waals surface area contributed by atoms with Gasteiger partial charge in [0.1, 0.15) is 19.1 Å². The van der Waals surface area contributed by atoms with Crippen molar-refractivity contribution in [3.8, 4) is 0 Å². The lowest BCUT2D eigenvalue weighted by Gasteiger charge is -2.01. The number of imidazole rings is 1. The molecule has 1 rings (SSSR count). The number of hydrogen-bond acceptors (Lipinski definition) is 2. The molecule has 0 aliphatic heterocycles. The van der Waals surface area contributed by atoms with Crippen LogP contribution in [0.15, 0.2) is 18.7 Å². The number of aryl methyl sites for hydroxylation is 1. The van der Waals surface area contributed by atoms with Gasteiger partial charge < -0.3 is 17.0 Å². The average molecular weight is 378 g/mol. The van der Waals surface area contributed by atoms with Crippen LogP contribution >= 0.6 is 12.6 Å². The van der Waals surface area contributed by atoms with Crippen LogP contribution in [0.1, 0.15) is 64.2 Å². The zero-order chi connectivity index (χ0) is 14.5. The number of unbranched alkanes of at least 4 members (excludes halogenated alkanes) is 9. The standard InChI is InChI=1S/C16H31N3S.BrH/c17-15-19-13-12-18(16-19)11-9-7-5-3-1-2-4-6-8-10-14-20;/h12-13,16H,1-11,14-15,17H2;1H. The SMILES string of the molecule is NC[n+]1ccn(CCCCCCCCCCCCS)c1.[Br-]. The van der Waals surface area contributed by atoms with Crippen molar-refractivity contribution in [3.05, 3.63) is 18.7 Å². The molecule has 2 N–H and O–H groups in total. The third-order valence-electron chi connectivity index (χ3n) is 3.78. The van der Waals surface area contributed by atoms with Crippen molar-refractivity contribution in [2.45, 2.75) is 77.4 Å². The lowest BCUT2D eigenvalue weighted by Crippen LogP contribution is -3.00. The molecule has 0 amide bonds. The van der Waals surface area contributed by atoms with Gasteiger partial charge in [0.15, 0.2) is 0 Å². The summed E-state index contributed by atoms with van der Waals surface area (Å²) in [4.78, 5) is 0. The minimum atomic E-state index is 0. The molecule has 1 heterocycles. The first kappa shape index (κ1) is 21.0. The molecule has 0 aliphatic rings. The Balaban J connectivity index is 0.00000400. The van der Waals surface area contributed by atoms with Gasteiger partial charge >= 0.3 is 0 Å². The van der Waals surface area contributed by atoms with E-state index < -0.39 is 0 Å². The minimum absolute atomic E-state index is 0. The number of thiol groups is 1. The van der Waals surface area contributed by atoms with Gasteiger partial charge in [-0.15, -0.1) is 0 Å². The molecule has 3 nitrogen and oxygen atoms in total. The number of hydrogen-bond donors (Lipinski definition) is 2.